The maximum Gasteiger partial charge on any atom is 0.0477 e. The van der Waals surface area contributed by atoms with Gasteiger partial charge in [0.1, 0.15) is 0 Å². The highest BCUT2D eigenvalue weighted by Crippen LogP contribution is 2.23. The van der Waals surface area contributed by atoms with Crippen LogP contribution < -0.4 is 5.32 Å². The van der Waals surface area contributed by atoms with E-state index < -0.39 is 0 Å². The van der Waals surface area contributed by atoms with E-state index in [4.69, 9.17) is 4.74 Å². The highest BCUT2D eigenvalue weighted by atomic mass is 16.5. The zero-order valence-corrected chi connectivity index (χ0v) is 10.7. The molecule has 3 heteroatoms. The summed E-state index contributed by atoms with van der Waals surface area (Å²) in [5.74, 6) is 0. The molecule has 0 saturated carbocycles. The number of piperidine rings is 1. The topological polar surface area (TPSA) is 24.5 Å². The third-order valence-electron chi connectivity index (χ3n) is 3.87. The third-order valence-corrected chi connectivity index (χ3v) is 3.87. The van der Waals surface area contributed by atoms with Gasteiger partial charge in [-0.25, -0.2) is 0 Å². The summed E-state index contributed by atoms with van der Waals surface area (Å²) >= 11 is 0. The Balaban J connectivity index is 2.30. The molecule has 0 bridgehead atoms. The maximum atomic E-state index is 5.13. The van der Waals surface area contributed by atoms with Gasteiger partial charge in [-0.3, -0.25) is 0 Å². The number of likely N-dealkylation sites (tertiary alicyclic amines) is 1. The van der Waals surface area contributed by atoms with Gasteiger partial charge in [-0.15, -0.1) is 0 Å². The monoisotopic (exact) mass is 214 g/mol. The van der Waals surface area contributed by atoms with Crippen LogP contribution in [0.5, 0.6) is 0 Å². The Hall–Kier alpha value is -0.120. The normalized spacial score (nSPS) is 24.0. The van der Waals surface area contributed by atoms with Crippen LogP contribution in [0.15, 0.2) is 0 Å². The van der Waals surface area contributed by atoms with Crippen LogP contribution in [0.3, 0.4) is 0 Å². The van der Waals surface area contributed by atoms with E-state index in [1.807, 2.05) is 0 Å². The highest BCUT2D eigenvalue weighted by Gasteiger charge is 2.29. The Labute approximate surface area is 94.2 Å². The molecule has 0 aromatic carbocycles. The summed E-state index contributed by atoms with van der Waals surface area (Å²) in [5, 5.41) is 3.43. The van der Waals surface area contributed by atoms with Gasteiger partial charge in [0.2, 0.25) is 0 Å². The van der Waals surface area contributed by atoms with Gasteiger partial charge in [0.05, 0.1) is 0 Å². The van der Waals surface area contributed by atoms with E-state index in [1.54, 1.807) is 7.11 Å². The van der Waals surface area contributed by atoms with E-state index in [1.165, 1.54) is 25.9 Å². The molecule has 0 aromatic rings. The molecule has 0 spiro atoms. The van der Waals surface area contributed by atoms with Crippen molar-refractivity contribution in [2.24, 2.45) is 0 Å². The van der Waals surface area contributed by atoms with Crippen molar-refractivity contribution in [3.63, 3.8) is 0 Å². The Bertz CT molecular complexity index is 176. The second-order valence-corrected chi connectivity index (χ2v) is 4.98. The maximum absolute atomic E-state index is 5.13. The first-order chi connectivity index (χ1) is 7.11. The molecular formula is C12H26N2O. The van der Waals surface area contributed by atoms with Crippen LogP contribution in [0.4, 0.5) is 0 Å². The molecule has 0 amide bonds. The fraction of sp³-hybridized carbons (Fsp3) is 1.00. The Morgan fingerprint density at radius 2 is 2.00 bits per heavy atom. The molecule has 90 valence electrons. The van der Waals surface area contributed by atoms with E-state index in [-0.39, 0.29) is 0 Å². The summed E-state index contributed by atoms with van der Waals surface area (Å²) in [4.78, 5) is 2.58. The lowest BCUT2D eigenvalue weighted by Crippen LogP contribution is -2.52. The molecule has 3 nitrogen and oxygen atoms in total. The summed E-state index contributed by atoms with van der Waals surface area (Å²) in [7, 11) is 3.85. The van der Waals surface area contributed by atoms with Crippen molar-refractivity contribution in [2.45, 2.75) is 44.7 Å². The fourth-order valence-corrected chi connectivity index (χ4v) is 2.18. The summed E-state index contributed by atoms with van der Waals surface area (Å²) in [6.07, 6.45) is 3.65. The predicted molar refractivity (Wildman–Crippen MR) is 64.2 cm³/mol. The Kier molecular flexibility index (Phi) is 5.03. The summed E-state index contributed by atoms with van der Waals surface area (Å²) < 4.78 is 5.13. The van der Waals surface area contributed by atoms with Crippen molar-refractivity contribution in [1.29, 1.82) is 0 Å². The van der Waals surface area contributed by atoms with Crippen LogP contribution in [0.25, 0.3) is 0 Å². The Morgan fingerprint density at radius 1 is 1.40 bits per heavy atom. The first-order valence-corrected chi connectivity index (χ1v) is 6.03. The number of methoxy groups -OCH3 is 1. The van der Waals surface area contributed by atoms with Gasteiger partial charge in [0, 0.05) is 38.4 Å². The molecule has 1 fully saturated rings. The highest BCUT2D eigenvalue weighted by molar-refractivity contribution is 4.89. The summed E-state index contributed by atoms with van der Waals surface area (Å²) in [6, 6.07) is 0.659. The molecule has 1 saturated heterocycles. The Morgan fingerprint density at radius 3 is 2.47 bits per heavy atom. The number of ether oxygens (including phenoxy) is 1. The SMILES string of the molecule is CNC1(C)CCN(C(C)CCOC)CC1. The molecule has 1 aliphatic rings. The zero-order valence-electron chi connectivity index (χ0n) is 10.7. The third kappa shape index (κ3) is 3.74. The average Bonchev–Trinajstić information content (AvgIpc) is 2.27. The predicted octanol–water partition coefficient (Wildman–Crippen LogP) is 1.49. The van der Waals surface area contributed by atoms with Crippen molar-refractivity contribution in [1.82, 2.24) is 10.2 Å². The first kappa shape index (κ1) is 12.9. The van der Waals surface area contributed by atoms with E-state index in [0.717, 1.165) is 13.0 Å². The van der Waals surface area contributed by atoms with Gasteiger partial charge in [-0.2, -0.15) is 0 Å². The quantitative estimate of drug-likeness (QED) is 0.750. The van der Waals surface area contributed by atoms with E-state index >= 15 is 0 Å². The lowest BCUT2D eigenvalue weighted by atomic mass is 9.89. The smallest absolute Gasteiger partial charge is 0.0477 e. The molecule has 1 rings (SSSR count). The van der Waals surface area contributed by atoms with Gasteiger partial charge >= 0.3 is 0 Å². The van der Waals surface area contributed by atoms with Crippen molar-refractivity contribution in [3.05, 3.63) is 0 Å². The molecule has 1 N–H and O–H groups in total. The van der Waals surface area contributed by atoms with Gasteiger partial charge in [-0.05, 0) is 40.2 Å². The minimum atomic E-state index is 0.359. The number of hydrogen-bond acceptors (Lipinski definition) is 3. The van der Waals surface area contributed by atoms with Gasteiger partial charge in [0.25, 0.3) is 0 Å². The zero-order chi connectivity index (χ0) is 11.3. The molecule has 1 atom stereocenters. The van der Waals surface area contributed by atoms with E-state index in [0.29, 0.717) is 11.6 Å². The van der Waals surface area contributed by atoms with Crippen LogP contribution in [0, 0.1) is 0 Å². The molecule has 0 aliphatic carbocycles. The second-order valence-electron chi connectivity index (χ2n) is 4.98. The minimum Gasteiger partial charge on any atom is -0.385 e. The molecule has 1 aliphatic heterocycles. The molecule has 1 heterocycles. The molecule has 1 unspecified atom stereocenters. The van der Waals surface area contributed by atoms with E-state index in [9.17, 15) is 0 Å². The van der Waals surface area contributed by atoms with Crippen molar-refractivity contribution >= 4 is 0 Å². The van der Waals surface area contributed by atoms with Crippen LogP contribution >= 0.6 is 0 Å². The second kappa shape index (κ2) is 5.83. The van der Waals surface area contributed by atoms with Crippen molar-refractivity contribution in [3.8, 4) is 0 Å². The number of nitrogens with zero attached hydrogens (tertiary/aromatic N) is 1. The summed E-state index contributed by atoms with van der Waals surface area (Å²) in [5.41, 5.74) is 0.359. The average molecular weight is 214 g/mol. The van der Waals surface area contributed by atoms with Gasteiger partial charge in [0.15, 0.2) is 0 Å². The molecule has 15 heavy (non-hydrogen) atoms. The summed E-state index contributed by atoms with van der Waals surface area (Å²) in [6.45, 7) is 7.93. The van der Waals surface area contributed by atoms with Gasteiger partial charge < -0.3 is 15.0 Å². The van der Waals surface area contributed by atoms with Crippen LogP contribution in [-0.4, -0.2) is 50.3 Å². The van der Waals surface area contributed by atoms with Crippen LogP contribution in [-0.2, 0) is 4.74 Å². The van der Waals surface area contributed by atoms with Crippen molar-refractivity contribution < 1.29 is 4.74 Å². The fourth-order valence-electron chi connectivity index (χ4n) is 2.18. The standard InChI is InChI=1S/C12H26N2O/c1-11(5-10-15-4)14-8-6-12(2,13-3)7-9-14/h11,13H,5-10H2,1-4H3. The molecule has 0 aromatic heterocycles. The lowest BCUT2D eigenvalue weighted by Gasteiger charge is -2.41. The van der Waals surface area contributed by atoms with Crippen LogP contribution in [0.1, 0.15) is 33.1 Å². The van der Waals surface area contributed by atoms with Gasteiger partial charge in [-0.1, -0.05) is 0 Å². The molecule has 0 radical (unpaired) electrons. The lowest BCUT2D eigenvalue weighted by molar-refractivity contribution is 0.0925. The first-order valence-electron chi connectivity index (χ1n) is 6.03. The van der Waals surface area contributed by atoms with Crippen molar-refractivity contribution in [2.75, 3.05) is 33.9 Å². The number of rotatable bonds is 5. The van der Waals surface area contributed by atoms with E-state index in [2.05, 4.69) is 31.1 Å². The number of hydrogen-bond donors (Lipinski definition) is 1. The minimum absolute atomic E-state index is 0.359. The largest absolute Gasteiger partial charge is 0.385 e. The van der Waals surface area contributed by atoms with Crippen LogP contribution in [0.2, 0.25) is 0 Å². The molecular weight excluding hydrogens is 188 g/mol. The number of nitrogens with one attached hydrogen (secondary N) is 1.